The molecule has 8 nitrogen and oxygen atoms in total. The summed E-state index contributed by atoms with van der Waals surface area (Å²) in [5.41, 5.74) is -0.634. The lowest BCUT2D eigenvalue weighted by molar-refractivity contribution is -0.216. The number of hydrogen-bond donors (Lipinski definition) is 2. The van der Waals surface area contributed by atoms with Crippen LogP contribution in [0.2, 0.25) is 0 Å². The van der Waals surface area contributed by atoms with E-state index >= 15 is 0 Å². The zero-order chi connectivity index (χ0) is 18.4. The van der Waals surface area contributed by atoms with Gasteiger partial charge >= 0.3 is 0 Å². The molecule has 26 heavy (non-hydrogen) atoms. The first-order chi connectivity index (χ1) is 12.4. The van der Waals surface area contributed by atoms with E-state index < -0.39 is 11.7 Å². The highest BCUT2D eigenvalue weighted by atomic mass is 16.5. The maximum absolute atomic E-state index is 10.4. The van der Waals surface area contributed by atoms with Crippen molar-refractivity contribution in [3.63, 3.8) is 0 Å². The second-order valence-corrected chi connectivity index (χ2v) is 7.58. The van der Waals surface area contributed by atoms with Gasteiger partial charge in [-0.25, -0.2) is 4.98 Å². The van der Waals surface area contributed by atoms with E-state index in [0.29, 0.717) is 18.1 Å². The number of ether oxygens (including phenoxy) is 1. The second-order valence-electron chi connectivity index (χ2n) is 7.58. The van der Waals surface area contributed by atoms with Gasteiger partial charge < -0.3 is 24.4 Å². The lowest BCUT2D eigenvalue weighted by atomic mass is 9.76. The number of aliphatic hydroxyl groups is 2. The number of rotatable bonds is 2. The van der Waals surface area contributed by atoms with Gasteiger partial charge in [0.25, 0.3) is 5.89 Å². The van der Waals surface area contributed by atoms with Gasteiger partial charge in [-0.15, -0.1) is 0 Å². The highest BCUT2D eigenvalue weighted by molar-refractivity contribution is 5.58. The molecule has 4 rings (SSSR count). The zero-order valence-corrected chi connectivity index (χ0v) is 15.1. The van der Waals surface area contributed by atoms with Gasteiger partial charge in [-0.1, -0.05) is 5.16 Å². The van der Waals surface area contributed by atoms with E-state index in [4.69, 9.17) is 9.26 Å². The minimum Gasteiger partial charge on any atom is -0.388 e. The van der Waals surface area contributed by atoms with Crippen LogP contribution in [0.15, 0.2) is 22.9 Å². The number of anilines is 1. The van der Waals surface area contributed by atoms with E-state index in [9.17, 15) is 10.2 Å². The van der Waals surface area contributed by atoms with E-state index in [1.54, 1.807) is 20.0 Å². The van der Waals surface area contributed by atoms with Crippen LogP contribution in [0.25, 0.3) is 11.5 Å². The Labute approximate surface area is 151 Å². The van der Waals surface area contributed by atoms with E-state index in [2.05, 4.69) is 20.0 Å². The molecule has 1 spiro atoms. The van der Waals surface area contributed by atoms with Crippen LogP contribution in [0.3, 0.4) is 0 Å². The Hall–Kier alpha value is -2.03. The average molecular weight is 360 g/mol. The Morgan fingerprint density at radius 2 is 2.08 bits per heavy atom. The zero-order valence-electron chi connectivity index (χ0n) is 15.1. The molecule has 0 radical (unpaired) electrons. The largest absolute Gasteiger partial charge is 0.388 e. The standard InChI is InChI=1S/C18H24N4O4/c1-12-20-16(26-21-12)13-3-6-19-15(9-13)22-7-4-18(5-8-22)11-17(2,24)14(23)10-25-18/h3,6,9,14,23-24H,4-5,7-8,10-11H2,1-2H3/t14-,17-/m0/s1. The molecule has 4 heterocycles. The first-order valence-corrected chi connectivity index (χ1v) is 8.93. The number of hydrogen-bond acceptors (Lipinski definition) is 8. The van der Waals surface area contributed by atoms with E-state index in [1.165, 1.54) is 0 Å². The Morgan fingerprint density at radius 1 is 1.31 bits per heavy atom. The first-order valence-electron chi connectivity index (χ1n) is 8.93. The van der Waals surface area contributed by atoms with Crippen molar-refractivity contribution < 1.29 is 19.5 Å². The Kier molecular flexibility index (Phi) is 4.21. The molecule has 0 unspecified atom stereocenters. The smallest absolute Gasteiger partial charge is 0.258 e. The molecule has 140 valence electrons. The molecular weight excluding hydrogens is 336 g/mol. The van der Waals surface area contributed by atoms with E-state index in [1.807, 2.05) is 12.1 Å². The molecule has 2 fully saturated rings. The third-order valence-corrected chi connectivity index (χ3v) is 5.46. The van der Waals surface area contributed by atoms with Gasteiger partial charge in [0.2, 0.25) is 0 Å². The molecule has 0 aromatic carbocycles. The van der Waals surface area contributed by atoms with Crippen molar-refractivity contribution in [2.75, 3.05) is 24.6 Å². The second kappa shape index (κ2) is 6.29. The molecule has 0 bridgehead atoms. The molecule has 0 amide bonds. The summed E-state index contributed by atoms with van der Waals surface area (Å²) in [5, 5.41) is 24.2. The van der Waals surface area contributed by atoms with Crippen molar-refractivity contribution in [3.05, 3.63) is 24.2 Å². The van der Waals surface area contributed by atoms with Gasteiger partial charge in [-0.05, 0) is 38.8 Å². The van der Waals surface area contributed by atoms with Crippen molar-refractivity contribution in [1.82, 2.24) is 15.1 Å². The normalized spacial score (nSPS) is 28.5. The lowest BCUT2D eigenvalue weighted by Gasteiger charge is -2.50. The molecule has 0 aliphatic carbocycles. The molecule has 2 aliphatic heterocycles. The van der Waals surface area contributed by atoms with Crippen LogP contribution < -0.4 is 4.90 Å². The number of aryl methyl sites for hydroxylation is 1. The average Bonchev–Trinajstić information content (AvgIpc) is 3.06. The molecule has 2 N–H and O–H groups in total. The number of aliphatic hydroxyl groups excluding tert-OH is 1. The van der Waals surface area contributed by atoms with Crippen LogP contribution in [0, 0.1) is 6.92 Å². The minimum atomic E-state index is -1.10. The van der Waals surface area contributed by atoms with Gasteiger partial charge in [-0.3, -0.25) is 0 Å². The van der Waals surface area contributed by atoms with Crippen molar-refractivity contribution in [1.29, 1.82) is 0 Å². The summed E-state index contributed by atoms with van der Waals surface area (Å²) in [6.45, 7) is 5.19. The number of nitrogens with zero attached hydrogens (tertiary/aromatic N) is 4. The summed E-state index contributed by atoms with van der Waals surface area (Å²) in [6.07, 6.45) is 2.92. The van der Waals surface area contributed by atoms with Gasteiger partial charge in [-0.2, -0.15) is 4.98 Å². The van der Waals surface area contributed by atoms with Crippen molar-refractivity contribution in [2.24, 2.45) is 0 Å². The maximum atomic E-state index is 10.4. The van der Waals surface area contributed by atoms with Gasteiger partial charge in [0.15, 0.2) is 5.82 Å². The van der Waals surface area contributed by atoms with Gasteiger partial charge in [0.1, 0.15) is 11.9 Å². The summed E-state index contributed by atoms with van der Waals surface area (Å²) in [5.74, 6) is 1.94. The van der Waals surface area contributed by atoms with E-state index in [-0.39, 0.29) is 12.2 Å². The monoisotopic (exact) mass is 360 g/mol. The summed E-state index contributed by atoms with van der Waals surface area (Å²) in [6, 6.07) is 3.80. The van der Waals surface area contributed by atoms with Gasteiger partial charge in [0, 0.05) is 31.3 Å². The minimum absolute atomic E-state index is 0.178. The molecule has 0 saturated carbocycles. The van der Waals surface area contributed by atoms with Crippen molar-refractivity contribution >= 4 is 5.82 Å². The van der Waals surface area contributed by atoms with Gasteiger partial charge in [0.05, 0.1) is 17.8 Å². The lowest BCUT2D eigenvalue weighted by Crippen LogP contribution is -2.59. The fourth-order valence-electron chi connectivity index (χ4n) is 3.86. The Morgan fingerprint density at radius 3 is 2.73 bits per heavy atom. The third-order valence-electron chi connectivity index (χ3n) is 5.46. The van der Waals surface area contributed by atoms with Crippen LogP contribution in [-0.4, -0.2) is 62.3 Å². The third kappa shape index (κ3) is 3.20. The summed E-state index contributed by atoms with van der Waals surface area (Å²) >= 11 is 0. The molecule has 2 aromatic rings. The highest BCUT2D eigenvalue weighted by Gasteiger charge is 2.48. The molecule has 2 aromatic heterocycles. The van der Waals surface area contributed by atoms with Crippen molar-refractivity contribution in [3.8, 4) is 11.5 Å². The van der Waals surface area contributed by atoms with Crippen LogP contribution >= 0.6 is 0 Å². The summed E-state index contributed by atoms with van der Waals surface area (Å²) < 4.78 is 11.2. The maximum Gasteiger partial charge on any atom is 0.258 e. The fourth-order valence-corrected chi connectivity index (χ4v) is 3.86. The molecule has 2 saturated heterocycles. The quantitative estimate of drug-likeness (QED) is 0.826. The highest BCUT2D eigenvalue weighted by Crippen LogP contribution is 2.40. The first kappa shape index (κ1) is 17.4. The van der Waals surface area contributed by atoms with Crippen LogP contribution in [0.1, 0.15) is 32.0 Å². The number of piperidine rings is 1. The molecule has 2 atom stereocenters. The molecule has 8 heteroatoms. The van der Waals surface area contributed by atoms with Crippen molar-refractivity contribution in [2.45, 2.75) is 50.4 Å². The Balaban J connectivity index is 1.47. The summed E-state index contributed by atoms with van der Waals surface area (Å²) in [4.78, 5) is 10.9. The van der Waals surface area contributed by atoms with Crippen LogP contribution in [0.5, 0.6) is 0 Å². The summed E-state index contributed by atoms with van der Waals surface area (Å²) in [7, 11) is 0. The predicted molar refractivity (Wildman–Crippen MR) is 93.6 cm³/mol. The predicted octanol–water partition coefficient (Wildman–Crippen LogP) is 1.31. The Bertz CT molecular complexity index is 783. The molecule has 2 aliphatic rings. The van der Waals surface area contributed by atoms with Crippen LogP contribution in [-0.2, 0) is 4.74 Å². The molecular formula is C18H24N4O4. The fraction of sp³-hybridized carbons (Fsp3) is 0.611. The van der Waals surface area contributed by atoms with E-state index in [0.717, 1.165) is 37.3 Å². The number of aromatic nitrogens is 3. The topological polar surface area (TPSA) is 105 Å². The van der Waals surface area contributed by atoms with Crippen LogP contribution in [0.4, 0.5) is 5.82 Å². The SMILES string of the molecule is Cc1noc(-c2ccnc(N3CCC4(CC3)C[C@](C)(O)[C@@H](O)CO4)c2)n1. The number of pyridine rings is 1.